The van der Waals surface area contributed by atoms with E-state index < -0.39 is 0 Å². The molecule has 0 amide bonds. The zero-order valence-electron chi connectivity index (χ0n) is 21.3. The fourth-order valence-electron chi connectivity index (χ4n) is 5.81. The molecule has 0 aliphatic heterocycles. The molecule has 1 aromatic heterocycles. The molecule has 0 N–H and O–H groups in total. The molecular formula is C37H24N2. The van der Waals surface area contributed by atoms with E-state index in [9.17, 15) is 0 Å². The molecule has 182 valence electrons. The van der Waals surface area contributed by atoms with Gasteiger partial charge in [0.25, 0.3) is 0 Å². The quantitative estimate of drug-likeness (QED) is 0.176. The molecule has 0 fully saturated rings. The highest BCUT2D eigenvalue weighted by Crippen LogP contribution is 2.34. The Morgan fingerprint density at radius 3 is 1.90 bits per heavy atom. The van der Waals surface area contributed by atoms with Crippen molar-refractivity contribution in [3.05, 3.63) is 146 Å². The van der Waals surface area contributed by atoms with Gasteiger partial charge in [0.2, 0.25) is 0 Å². The topological polar surface area (TPSA) is 17.8 Å². The van der Waals surface area contributed by atoms with E-state index in [1.165, 1.54) is 43.4 Å². The number of nitrogens with zero attached hydrogens (tertiary/aromatic N) is 2. The van der Waals surface area contributed by atoms with Gasteiger partial charge < -0.3 is 0 Å². The molecule has 0 saturated carbocycles. The minimum Gasteiger partial charge on any atom is -0.292 e. The van der Waals surface area contributed by atoms with Gasteiger partial charge >= 0.3 is 0 Å². The number of hydrogen-bond donors (Lipinski definition) is 0. The zero-order chi connectivity index (χ0) is 25.8. The van der Waals surface area contributed by atoms with Crippen LogP contribution in [0.3, 0.4) is 0 Å². The lowest BCUT2D eigenvalue weighted by molar-refractivity contribution is 1.10. The molecule has 0 saturated heterocycles. The summed E-state index contributed by atoms with van der Waals surface area (Å²) in [6, 6.07) is 52.1. The van der Waals surface area contributed by atoms with Crippen LogP contribution < -0.4 is 0 Å². The van der Waals surface area contributed by atoms with Gasteiger partial charge in [0.1, 0.15) is 5.82 Å². The van der Waals surface area contributed by atoms with E-state index >= 15 is 0 Å². The molecule has 1 heterocycles. The summed E-state index contributed by atoms with van der Waals surface area (Å²) < 4.78 is 2.26. The molecule has 0 aliphatic carbocycles. The fraction of sp³-hybridized carbons (Fsp3) is 0. The van der Waals surface area contributed by atoms with Crippen LogP contribution in [0.4, 0.5) is 0 Å². The fourth-order valence-corrected chi connectivity index (χ4v) is 5.81. The largest absolute Gasteiger partial charge is 0.292 e. The van der Waals surface area contributed by atoms with Gasteiger partial charge in [-0.1, -0.05) is 103 Å². The van der Waals surface area contributed by atoms with Crippen LogP contribution in [0.2, 0.25) is 0 Å². The van der Waals surface area contributed by atoms with Crippen LogP contribution in [0.25, 0.3) is 71.6 Å². The molecule has 8 rings (SSSR count). The van der Waals surface area contributed by atoms with E-state index in [-0.39, 0.29) is 0 Å². The van der Waals surface area contributed by atoms with Crippen LogP contribution in [-0.4, -0.2) is 9.55 Å². The van der Waals surface area contributed by atoms with Gasteiger partial charge in [-0.2, -0.15) is 0 Å². The Morgan fingerprint density at radius 2 is 1.08 bits per heavy atom. The highest BCUT2D eigenvalue weighted by Gasteiger charge is 2.14. The first-order valence-electron chi connectivity index (χ1n) is 13.3. The lowest BCUT2D eigenvalue weighted by atomic mass is 9.95. The zero-order valence-corrected chi connectivity index (χ0v) is 21.3. The summed E-state index contributed by atoms with van der Waals surface area (Å²) in [5, 5.41) is 7.68. The van der Waals surface area contributed by atoms with Gasteiger partial charge in [-0.05, 0) is 85.9 Å². The predicted molar refractivity (Wildman–Crippen MR) is 164 cm³/mol. The Bertz CT molecular complexity index is 2150. The van der Waals surface area contributed by atoms with E-state index in [0.717, 1.165) is 28.1 Å². The lowest BCUT2D eigenvalue weighted by Crippen LogP contribution is -1.97. The summed E-state index contributed by atoms with van der Waals surface area (Å²) >= 11 is 0. The second-order valence-electron chi connectivity index (χ2n) is 10.1. The Labute approximate surface area is 226 Å². The number of hydrogen-bond acceptors (Lipinski definition) is 1. The summed E-state index contributed by atoms with van der Waals surface area (Å²) in [7, 11) is 0. The van der Waals surface area contributed by atoms with Gasteiger partial charge in [-0.15, -0.1) is 0 Å². The smallest absolute Gasteiger partial charge is 0.145 e. The normalized spacial score (nSPS) is 11.6. The van der Waals surface area contributed by atoms with Crippen molar-refractivity contribution in [3.8, 4) is 28.2 Å². The molecule has 2 heteroatoms. The second kappa shape index (κ2) is 8.68. The molecule has 0 aliphatic rings. The summed E-state index contributed by atoms with van der Waals surface area (Å²) in [6.07, 6.45) is 0. The van der Waals surface area contributed by atoms with Gasteiger partial charge in [0.15, 0.2) is 0 Å². The second-order valence-corrected chi connectivity index (χ2v) is 10.1. The highest BCUT2D eigenvalue weighted by molar-refractivity contribution is 6.12. The lowest BCUT2D eigenvalue weighted by Gasteiger charge is -2.12. The first-order chi connectivity index (χ1) is 19.3. The predicted octanol–water partition coefficient (Wildman–Crippen LogP) is 9.82. The molecule has 0 bridgehead atoms. The van der Waals surface area contributed by atoms with E-state index in [0.29, 0.717) is 0 Å². The van der Waals surface area contributed by atoms with Crippen LogP contribution in [-0.2, 0) is 0 Å². The maximum absolute atomic E-state index is 4.98. The van der Waals surface area contributed by atoms with Crippen LogP contribution in [0.15, 0.2) is 146 Å². The van der Waals surface area contributed by atoms with Crippen LogP contribution in [0.1, 0.15) is 0 Å². The van der Waals surface area contributed by atoms with Crippen molar-refractivity contribution in [2.75, 3.05) is 0 Å². The van der Waals surface area contributed by atoms with Crippen LogP contribution in [0.5, 0.6) is 0 Å². The maximum atomic E-state index is 4.98. The van der Waals surface area contributed by atoms with Crippen molar-refractivity contribution in [1.82, 2.24) is 9.55 Å². The standard InChI is InChI=1S/C37H24N2/c1-2-8-26(9-3-1)37-38-35-12-6-7-13-36(35)39(37)32-19-16-25(17-20-32)29-18-21-33-30(23-29)14-15-31-22-27-10-4-5-11-28(27)24-34(31)33/h1-24H. The van der Waals surface area contributed by atoms with Crippen molar-refractivity contribution >= 4 is 43.4 Å². The maximum Gasteiger partial charge on any atom is 0.145 e. The Kier molecular flexibility index (Phi) is 4.86. The van der Waals surface area contributed by atoms with Crippen molar-refractivity contribution in [3.63, 3.8) is 0 Å². The molecule has 39 heavy (non-hydrogen) atoms. The molecule has 0 atom stereocenters. The van der Waals surface area contributed by atoms with Crippen LogP contribution >= 0.6 is 0 Å². The minimum atomic E-state index is 0.953. The molecule has 0 radical (unpaired) electrons. The molecule has 8 aromatic rings. The molecule has 0 unspecified atom stereocenters. The summed E-state index contributed by atoms with van der Waals surface area (Å²) in [4.78, 5) is 4.98. The number of para-hydroxylation sites is 2. The van der Waals surface area contributed by atoms with Crippen molar-refractivity contribution in [2.24, 2.45) is 0 Å². The molecule has 0 spiro atoms. The molecular weight excluding hydrogens is 472 g/mol. The third-order valence-corrected chi connectivity index (χ3v) is 7.75. The number of benzene rings is 7. The first kappa shape index (κ1) is 21.8. The number of imidazole rings is 1. The van der Waals surface area contributed by atoms with Gasteiger partial charge in [-0.25, -0.2) is 4.98 Å². The Morgan fingerprint density at radius 1 is 0.410 bits per heavy atom. The number of aromatic nitrogens is 2. The monoisotopic (exact) mass is 496 g/mol. The third-order valence-electron chi connectivity index (χ3n) is 7.75. The SMILES string of the molecule is c1ccc(-c2nc3ccccc3n2-c2ccc(-c3ccc4c(ccc5cc6ccccc6cc54)c3)cc2)cc1. The molecule has 7 aromatic carbocycles. The van der Waals surface area contributed by atoms with Gasteiger partial charge in [-0.3, -0.25) is 4.57 Å². The van der Waals surface area contributed by atoms with E-state index in [1.807, 2.05) is 12.1 Å². The Balaban J connectivity index is 1.22. The van der Waals surface area contributed by atoms with E-state index in [1.54, 1.807) is 0 Å². The molecule has 2 nitrogen and oxygen atoms in total. The van der Waals surface area contributed by atoms with E-state index in [4.69, 9.17) is 4.98 Å². The Hall–Kier alpha value is -5.21. The summed E-state index contributed by atoms with van der Waals surface area (Å²) in [5.41, 5.74) is 6.72. The third kappa shape index (κ3) is 3.61. The average molecular weight is 497 g/mol. The first-order valence-corrected chi connectivity index (χ1v) is 13.3. The van der Waals surface area contributed by atoms with E-state index in [2.05, 4.69) is 138 Å². The number of rotatable bonds is 3. The number of fused-ring (bicyclic) bond motifs is 5. The van der Waals surface area contributed by atoms with Crippen molar-refractivity contribution in [1.29, 1.82) is 0 Å². The minimum absolute atomic E-state index is 0.953. The average Bonchev–Trinajstić information content (AvgIpc) is 3.40. The van der Waals surface area contributed by atoms with Crippen molar-refractivity contribution < 1.29 is 0 Å². The van der Waals surface area contributed by atoms with Gasteiger partial charge in [0, 0.05) is 11.3 Å². The summed E-state index contributed by atoms with van der Waals surface area (Å²) in [5.74, 6) is 0.953. The van der Waals surface area contributed by atoms with Gasteiger partial charge in [0.05, 0.1) is 11.0 Å². The van der Waals surface area contributed by atoms with Crippen LogP contribution in [0, 0.1) is 0 Å². The van der Waals surface area contributed by atoms with Crippen molar-refractivity contribution in [2.45, 2.75) is 0 Å². The highest BCUT2D eigenvalue weighted by atomic mass is 15.1. The summed E-state index contributed by atoms with van der Waals surface area (Å²) in [6.45, 7) is 0.